The number of likely N-dealkylation sites (N-methyl/N-ethyl adjacent to an activating group) is 1. The van der Waals surface area contributed by atoms with Crippen LogP contribution >= 0.6 is 0 Å². The van der Waals surface area contributed by atoms with Gasteiger partial charge in [-0.1, -0.05) is 6.92 Å². The number of carbonyl (C=O) groups is 2. The van der Waals surface area contributed by atoms with E-state index in [1.807, 2.05) is 11.8 Å². The van der Waals surface area contributed by atoms with Crippen LogP contribution in [0.2, 0.25) is 0 Å². The lowest BCUT2D eigenvalue weighted by atomic mass is 10.2. The van der Waals surface area contributed by atoms with Gasteiger partial charge in [0, 0.05) is 19.8 Å². The summed E-state index contributed by atoms with van der Waals surface area (Å²) in [6.07, 6.45) is 3.45. The molecule has 0 unspecified atom stereocenters. The third-order valence-corrected chi connectivity index (χ3v) is 2.58. The lowest BCUT2D eigenvalue weighted by molar-refractivity contribution is -0.121. The molecular weight excluding hydrogens is 248 g/mol. The third kappa shape index (κ3) is 4.63. The highest BCUT2D eigenvalue weighted by atomic mass is 16.4. The van der Waals surface area contributed by atoms with Crippen molar-refractivity contribution in [1.29, 1.82) is 0 Å². The number of nitrogens with zero attached hydrogens (tertiary/aromatic N) is 3. The summed E-state index contributed by atoms with van der Waals surface area (Å²) < 4.78 is 0. The molecular formula is C12H18N4O3. The molecule has 0 atom stereocenters. The second kappa shape index (κ2) is 7.42. The third-order valence-electron chi connectivity index (χ3n) is 2.58. The maximum absolute atomic E-state index is 11.4. The summed E-state index contributed by atoms with van der Waals surface area (Å²) in [6, 6.07) is 0. The Balaban J connectivity index is 2.84. The summed E-state index contributed by atoms with van der Waals surface area (Å²) in [7, 11) is 1.57. The van der Waals surface area contributed by atoms with Gasteiger partial charge in [-0.15, -0.1) is 0 Å². The van der Waals surface area contributed by atoms with Crippen molar-refractivity contribution in [3.8, 4) is 0 Å². The van der Waals surface area contributed by atoms with Crippen molar-refractivity contribution < 1.29 is 14.7 Å². The fourth-order valence-electron chi connectivity index (χ4n) is 1.68. The Labute approximate surface area is 111 Å². The Morgan fingerprint density at radius 2 is 2.21 bits per heavy atom. The van der Waals surface area contributed by atoms with Gasteiger partial charge < -0.3 is 10.4 Å². The number of amides is 1. The molecule has 0 radical (unpaired) electrons. The van der Waals surface area contributed by atoms with Crippen LogP contribution in [-0.2, 0) is 11.3 Å². The van der Waals surface area contributed by atoms with Crippen LogP contribution in [0.5, 0.6) is 0 Å². The molecule has 0 fully saturated rings. The number of hydrogen-bond acceptors (Lipinski definition) is 5. The standard InChI is InChI=1S/C12H18N4O3/c1-3-4-16(7-11(17)13-2)6-10-9(12(18)19)5-14-8-15-10/h5,8H,3-4,6-7H2,1-2H3,(H,13,17)(H,18,19). The lowest BCUT2D eigenvalue weighted by Gasteiger charge is -2.20. The fraction of sp³-hybridized carbons (Fsp3) is 0.500. The molecule has 7 heteroatoms. The van der Waals surface area contributed by atoms with Crippen molar-refractivity contribution >= 4 is 11.9 Å². The van der Waals surface area contributed by atoms with E-state index in [1.165, 1.54) is 12.5 Å². The van der Waals surface area contributed by atoms with E-state index in [1.54, 1.807) is 7.05 Å². The average molecular weight is 266 g/mol. The van der Waals surface area contributed by atoms with Crippen molar-refractivity contribution in [2.45, 2.75) is 19.9 Å². The highest BCUT2D eigenvalue weighted by Gasteiger charge is 2.16. The predicted molar refractivity (Wildman–Crippen MR) is 68.6 cm³/mol. The van der Waals surface area contributed by atoms with Crippen molar-refractivity contribution in [3.63, 3.8) is 0 Å². The number of carbonyl (C=O) groups excluding carboxylic acids is 1. The van der Waals surface area contributed by atoms with Crippen molar-refractivity contribution in [3.05, 3.63) is 23.8 Å². The van der Waals surface area contributed by atoms with Crippen LogP contribution in [0.4, 0.5) is 0 Å². The quantitative estimate of drug-likeness (QED) is 0.728. The molecule has 7 nitrogen and oxygen atoms in total. The molecule has 0 aliphatic rings. The zero-order valence-corrected chi connectivity index (χ0v) is 11.1. The van der Waals surface area contributed by atoms with Gasteiger partial charge in [-0.2, -0.15) is 0 Å². The normalized spacial score (nSPS) is 10.5. The van der Waals surface area contributed by atoms with Crippen LogP contribution in [0.1, 0.15) is 29.4 Å². The number of aromatic carboxylic acids is 1. The second-order valence-corrected chi connectivity index (χ2v) is 4.07. The molecule has 0 saturated carbocycles. The summed E-state index contributed by atoms with van der Waals surface area (Å²) in [4.78, 5) is 32.0. The van der Waals surface area contributed by atoms with E-state index in [0.29, 0.717) is 18.8 Å². The number of carboxylic acids is 1. The monoisotopic (exact) mass is 266 g/mol. The zero-order valence-electron chi connectivity index (χ0n) is 11.1. The van der Waals surface area contributed by atoms with Crippen LogP contribution in [-0.4, -0.2) is 52.0 Å². The minimum Gasteiger partial charge on any atom is -0.478 e. The molecule has 0 aliphatic heterocycles. The van der Waals surface area contributed by atoms with Crippen molar-refractivity contribution in [2.75, 3.05) is 20.1 Å². The van der Waals surface area contributed by atoms with Gasteiger partial charge in [-0.05, 0) is 13.0 Å². The Morgan fingerprint density at radius 1 is 1.47 bits per heavy atom. The second-order valence-electron chi connectivity index (χ2n) is 4.07. The number of hydrogen-bond donors (Lipinski definition) is 2. The summed E-state index contributed by atoms with van der Waals surface area (Å²) in [5.74, 6) is -1.17. The van der Waals surface area contributed by atoms with Crippen LogP contribution in [0.3, 0.4) is 0 Å². The minimum atomic E-state index is -1.06. The summed E-state index contributed by atoms with van der Waals surface area (Å²) >= 11 is 0. The molecule has 2 N–H and O–H groups in total. The maximum atomic E-state index is 11.4. The molecule has 0 aromatic carbocycles. The van der Waals surface area contributed by atoms with Gasteiger partial charge in [0.2, 0.25) is 5.91 Å². The molecule has 0 aliphatic carbocycles. The van der Waals surface area contributed by atoms with E-state index in [2.05, 4.69) is 15.3 Å². The van der Waals surface area contributed by atoms with Gasteiger partial charge >= 0.3 is 5.97 Å². The molecule has 104 valence electrons. The first-order chi connectivity index (χ1) is 9.08. The van der Waals surface area contributed by atoms with E-state index in [9.17, 15) is 9.59 Å². The van der Waals surface area contributed by atoms with Crippen LogP contribution in [0.15, 0.2) is 12.5 Å². The predicted octanol–water partition coefficient (Wildman–Crippen LogP) is 0.133. The Kier molecular flexibility index (Phi) is 5.87. The van der Waals surface area contributed by atoms with Gasteiger partial charge in [0.15, 0.2) is 0 Å². The number of aromatic nitrogens is 2. The van der Waals surface area contributed by atoms with Crippen molar-refractivity contribution in [2.24, 2.45) is 0 Å². The lowest BCUT2D eigenvalue weighted by Crippen LogP contribution is -2.36. The van der Waals surface area contributed by atoms with E-state index < -0.39 is 5.97 Å². The van der Waals surface area contributed by atoms with E-state index in [4.69, 9.17) is 5.11 Å². The SMILES string of the molecule is CCCN(CC(=O)NC)Cc1ncncc1C(=O)O. The maximum Gasteiger partial charge on any atom is 0.339 e. The molecule has 0 spiro atoms. The van der Waals surface area contributed by atoms with Crippen molar-refractivity contribution in [1.82, 2.24) is 20.2 Å². The van der Waals surface area contributed by atoms with Crippen LogP contribution in [0.25, 0.3) is 0 Å². The molecule has 1 amide bonds. The molecule has 0 bridgehead atoms. The van der Waals surface area contributed by atoms with Gasteiger partial charge in [-0.25, -0.2) is 14.8 Å². The number of nitrogens with one attached hydrogen (secondary N) is 1. The van der Waals surface area contributed by atoms with Gasteiger partial charge in [0.25, 0.3) is 0 Å². The highest BCUT2D eigenvalue weighted by molar-refractivity contribution is 5.88. The van der Waals surface area contributed by atoms with Gasteiger partial charge in [0.1, 0.15) is 11.9 Å². The first kappa shape index (κ1) is 15.0. The topological polar surface area (TPSA) is 95.4 Å². The zero-order chi connectivity index (χ0) is 14.3. The van der Waals surface area contributed by atoms with Gasteiger partial charge in [0.05, 0.1) is 12.2 Å². The Morgan fingerprint density at radius 3 is 2.79 bits per heavy atom. The molecule has 1 heterocycles. The summed E-state index contributed by atoms with van der Waals surface area (Å²) in [6.45, 7) is 3.21. The summed E-state index contributed by atoms with van der Waals surface area (Å²) in [5, 5.41) is 11.6. The molecule has 1 rings (SSSR count). The van der Waals surface area contributed by atoms with Crippen LogP contribution in [0, 0.1) is 0 Å². The van der Waals surface area contributed by atoms with Crippen LogP contribution < -0.4 is 5.32 Å². The minimum absolute atomic E-state index is 0.0699. The summed E-state index contributed by atoms with van der Waals surface area (Å²) in [5.41, 5.74) is 0.486. The van der Waals surface area contributed by atoms with E-state index in [-0.39, 0.29) is 18.0 Å². The van der Waals surface area contributed by atoms with E-state index >= 15 is 0 Å². The number of carboxylic acid groups (broad SMARTS) is 1. The Bertz CT molecular complexity index is 450. The number of rotatable bonds is 7. The largest absolute Gasteiger partial charge is 0.478 e. The van der Waals surface area contributed by atoms with Gasteiger partial charge in [-0.3, -0.25) is 9.69 Å². The fourth-order valence-corrected chi connectivity index (χ4v) is 1.68. The molecule has 1 aromatic rings. The smallest absolute Gasteiger partial charge is 0.339 e. The average Bonchev–Trinajstić information content (AvgIpc) is 2.39. The molecule has 19 heavy (non-hydrogen) atoms. The first-order valence-electron chi connectivity index (χ1n) is 6.03. The highest BCUT2D eigenvalue weighted by Crippen LogP contribution is 2.08. The molecule has 1 aromatic heterocycles. The Hall–Kier alpha value is -2.02. The molecule has 0 saturated heterocycles. The van der Waals surface area contributed by atoms with E-state index in [0.717, 1.165) is 6.42 Å². The first-order valence-corrected chi connectivity index (χ1v) is 6.03.